The molecule has 0 aliphatic heterocycles. The highest BCUT2D eigenvalue weighted by Crippen LogP contribution is 2.40. The van der Waals surface area contributed by atoms with Gasteiger partial charge in [-0.1, -0.05) is 6.92 Å². The fraction of sp³-hybridized carbons (Fsp3) is 0.429. The van der Waals surface area contributed by atoms with E-state index in [9.17, 15) is 18.0 Å². The second kappa shape index (κ2) is 7.36. The van der Waals surface area contributed by atoms with Gasteiger partial charge in [-0.25, -0.2) is 0 Å². The van der Waals surface area contributed by atoms with Gasteiger partial charge in [-0.2, -0.15) is 18.4 Å². The first-order valence-corrected chi connectivity index (χ1v) is 7.09. The van der Waals surface area contributed by atoms with Gasteiger partial charge in [0.05, 0.1) is 24.7 Å². The van der Waals surface area contributed by atoms with E-state index in [0.717, 1.165) is 0 Å². The van der Waals surface area contributed by atoms with Crippen LogP contribution < -0.4 is 0 Å². The summed E-state index contributed by atoms with van der Waals surface area (Å²) < 4.78 is 42.6. The molecule has 0 fully saturated rings. The molecular formula is C14H14F3NO2S. The summed E-state index contributed by atoms with van der Waals surface area (Å²) in [6, 6.07) is 4.63. The van der Waals surface area contributed by atoms with E-state index in [0.29, 0.717) is 17.5 Å². The van der Waals surface area contributed by atoms with Crippen molar-refractivity contribution in [3.8, 4) is 6.07 Å². The molecule has 0 saturated heterocycles. The van der Waals surface area contributed by atoms with Crippen LogP contribution >= 0.6 is 11.8 Å². The van der Waals surface area contributed by atoms with Crippen molar-refractivity contribution in [2.75, 3.05) is 6.61 Å². The summed E-state index contributed by atoms with van der Waals surface area (Å²) in [5.41, 5.74) is -3.61. The molecule has 0 aliphatic carbocycles. The molecule has 3 nitrogen and oxygen atoms in total. The van der Waals surface area contributed by atoms with E-state index in [1.807, 2.05) is 6.07 Å². The Bertz CT molecular complexity index is 565. The summed E-state index contributed by atoms with van der Waals surface area (Å²) in [5, 5.41) is 9.08. The number of esters is 1. The van der Waals surface area contributed by atoms with Crippen LogP contribution in [-0.2, 0) is 22.4 Å². The molecule has 1 aromatic carbocycles. The number of alkyl halides is 3. The molecule has 0 aliphatic rings. The maximum absolute atomic E-state index is 12.6. The summed E-state index contributed by atoms with van der Waals surface area (Å²) >= 11 is -0.267. The third kappa shape index (κ3) is 5.31. The van der Waals surface area contributed by atoms with Crippen LogP contribution in [0.15, 0.2) is 17.0 Å². The number of nitrogens with zero attached hydrogens (tertiary/aromatic N) is 1. The van der Waals surface area contributed by atoms with Crippen LogP contribution in [-0.4, -0.2) is 18.1 Å². The second-order valence-corrected chi connectivity index (χ2v) is 5.22. The van der Waals surface area contributed by atoms with Gasteiger partial charge in [0, 0.05) is 4.90 Å². The van der Waals surface area contributed by atoms with Crippen LogP contribution in [0.1, 0.15) is 30.5 Å². The number of carbonyl (C=O) groups is 1. The highest BCUT2D eigenvalue weighted by molar-refractivity contribution is 8.00. The molecule has 21 heavy (non-hydrogen) atoms. The van der Waals surface area contributed by atoms with Crippen LogP contribution in [0.3, 0.4) is 0 Å². The van der Waals surface area contributed by atoms with Crippen molar-refractivity contribution < 1.29 is 22.7 Å². The molecule has 0 N–H and O–H groups in total. The second-order valence-electron chi connectivity index (χ2n) is 4.12. The molecule has 114 valence electrons. The van der Waals surface area contributed by atoms with Gasteiger partial charge in [0.1, 0.15) is 0 Å². The van der Waals surface area contributed by atoms with Gasteiger partial charge in [0.2, 0.25) is 0 Å². The topological polar surface area (TPSA) is 50.1 Å². The van der Waals surface area contributed by atoms with Crippen LogP contribution in [0.4, 0.5) is 13.2 Å². The summed E-state index contributed by atoms with van der Waals surface area (Å²) in [7, 11) is 0. The first-order chi connectivity index (χ1) is 9.80. The standard InChI is InChI=1S/C14H14F3NO2S/c1-3-11-10(8-18)5-9(7-13(19)20-4-2)6-12(11)21-14(15,16)17/h5-6H,3-4,7H2,1-2H3. The normalized spacial score (nSPS) is 11.0. The molecule has 0 radical (unpaired) electrons. The third-order valence-electron chi connectivity index (χ3n) is 2.62. The molecule has 0 saturated carbocycles. The maximum Gasteiger partial charge on any atom is 0.446 e. The first kappa shape index (κ1) is 17.4. The predicted molar refractivity (Wildman–Crippen MR) is 72.8 cm³/mol. The van der Waals surface area contributed by atoms with E-state index in [1.54, 1.807) is 13.8 Å². The zero-order chi connectivity index (χ0) is 16.0. The van der Waals surface area contributed by atoms with Gasteiger partial charge < -0.3 is 4.74 Å². The first-order valence-electron chi connectivity index (χ1n) is 6.28. The minimum Gasteiger partial charge on any atom is -0.466 e. The largest absolute Gasteiger partial charge is 0.466 e. The summed E-state index contributed by atoms with van der Waals surface area (Å²) in [6.45, 7) is 3.52. The Morgan fingerprint density at radius 2 is 2.05 bits per heavy atom. The highest BCUT2D eigenvalue weighted by atomic mass is 32.2. The van der Waals surface area contributed by atoms with Crippen LogP contribution in [0.5, 0.6) is 0 Å². The van der Waals surface area contributed by atoms with E-state index in [1.165, 1.54) is 12.1 Å². The van der Waals surface area contributed by atoms with Gasteiger partial charge in [0.15, 0.2) is 0 Å². The number of benzene rings is 1. The Morgan fingerprint density at radius 3 is 2.52 bits per heavy atom. The number of rotatable bonds is 5. The molecule has 0 bridgehead atoms. The molecule has 0 spiro atoms. The average molecular weight is 317 g/mol. The molecule has 0 amide bonds. The lowest BCUT2D eigenvalue weighted by molar-refractivity contribution is -0.142. The van der Waals surface area contributed by atoms with E-state index in [4.69, 9.17) is 10.00 Å². The Kier molecular flexibility index (Phi) is 6.09. The minimum atomic E-state index is -4.45. The zero-order valence-electron chi connectivity index (χ0n) is 11.6. The van der Waals surface area contributed by atoms with E-state index >= 15 is 0 Å². The lowest BCUT2D eigenvalue weighted by Gasteiger charge is -2.13. The summed E-state index contributed by atoms with van der Waals surface area (Å²) in [4.78, 5) is 11.4. The number of hydrogen-bond acceptors (Lipinski definition) is 4. The lowest BCUT2D eigenvalue weighted by atomic mass is 10.0. The van der Waals surface area contributed by atoms with Crippen LogP contribution in [0.2, 0.25) is 0 Å². The number of ether oxygens (including phenoxy) is 1. The summed E-state index contributed by atoms with van der Waals surface area (Å²) in [5.74, 6) is -0.534. The van der Waals surface area contributed by atoms with Crippen molar-refractivity contribution in [1.29, 1.82) is 5.26 Å². The van der Waals surface area contributed by atoms with Crippen LogP contribution in [0.25, 0.3) is 0 Å². The van der Waals surface area contributed by atoms with Crippen molar-refractivity contribution in [3.63, 3.8) is 0 Å². The lowest BCUT2D eigenvalue weighted by Crippen LogP contribution is -2.09. The molecular weight excluding hydrogens is 303 g/mol. The quantitative estimate of drug-likeness (QED) is 0.611. The van der Waals surface area contributed by atoms with Gasteiger partial charge in [-0.15, -0.1) is 0 Å². The maximum atomic E-state index is 12.6. The highest BCUT2D eigenvalue weighted by Gasteiger charge is 2.31. The molecule has 1 rings (SSSR count). The monoisotopic (exact) mass is 317 g/mol. The number of nitriles is 1. The Balaban J connectivity index is 3.21. The fourth-order valence-corrected chi connectivity index (χ4v) is 2.70. The van der Waals surface area contributed by atoms with E-state index in [2.05, 4.69) is 0 Å². The molecule has 7 heteroatoms. The van der Waals surface area contributed by atoms with Crippen molar-refractivity contribution in [1.82, 2.24) is 0 Å². The van der Waals surface area contributed by atoms with E-state index in [-0.39, 0.29) is 35.2 Å². The Hall–Kier alpha value is -1.68. The summed E-state index contributed by atoms with van der Waals surface area (Å²) in [6.07, 6.45) is 0.152. The average Bonchev–Trinajstić information content (AvgIpc) is 2.36. The Morgan fingerprint density at radius 1 is 1.38 bits per heavy atom. The zero-order valence-corrected chi connectivity index (χ0v) is 12.4. The number of hydrogen-bond donors (Lipinski definition) is 0. The number of carbonyl (C=O) groups excluding carboxylic acids is 1. The molecule has 0 heterocycles. The fourth-order valence-electron chi connectivity index (χ4n) is 1.86. The van der Waals surface area contributed by atoms with Gasteiger partial charge in [-0.05, 0) is 48.4 Å². The van der Waals surface area contributed by atoms with Crippen molar-refractivity contribution in [3.05, 3.63) is 28.8 Å². The van der Waals surface area contributed by atoms with Crippen molar-refractivity contribution in [2.24, 2.45) is 0 Å². The SMILES string of the molecule is CCOC(=O)Cc1cc(C#N)c(CC)c(SC(F)(F)F)c1. The van der Waals surface area contributed by atoms with Gasteiger partial charge in [-0.3, -0.25) is 4.79 Å². The number of thioether (sulfide) groups is 1. The minimum absolute atomic E-state index is 0.0386. The van der Waals surface area contributed by atoms with Crippen molar-refractivity contribution in [2.45, 2.75) is 37.1 Å². The smallest absolute Gasteiger partial charge is 0.446 e. The Labute approximate surface area is 125 Å². The molecule has 0 atom stereocenters. The number of halogens is 3. The molecule has 1 aromatic rings. The van der Waals surface area contributed by atoms with Gasteiger partial charge in [0.25, 0.3) is 0 Å². The molecule has 0 unspecified atom stereocenters. The van der Waals surface area contributed by atoms with E-state index < -0.39 is 11.5 Å². The third-order valence-corrected chi connectivity index (χ3v) is 3.44. The predicted octanol–water partition coefficient (Wildman–Crippen LogP) is 3.84. The van der Waals surface area contributed by atoms with Crippen molar-refractivity contribution >= 4 is 17.7 Å². The van der Waals surface area contributed by atoms with Gasteiger partial charge >= 0.3 is 11.5 Å². The molecule has 0 aromatic heterocycles. The van der Waals surface area contributed by atoms with Crippen LogP contribution in [0, 0.1) is 11.3 Å².